The molecule has 0 aliphatic carbocycles. The minimum atomic E-state index is -3.43. The molecule has 3 aromatic rings. The number of nitrogens with zero attached hydrogens (tertiary/aromatic N) is 4. The molecular formula is C17H18N6O3S. The molecule has 0 fully saturated rings. The van der Waals surface area contributed by atoms with Crippen molar-refractivity contribution >= 4 is 21.6 Å². The highest BCUT2D eigenvalue weighted by Gasteiger charge is 2.16. The van der Waals surface area contributed by atoms with Gasteiger partial charge in [-0.3, -0.25) is 9.52 Å². The molecule has 0 saturated carbocycles. The molecule has 0 aliphatic rings. The SMILES string of the molecule is CC(NC(=O)c1cccc(-n2cnnn2)c1)c1ccccc1NS(C)(=O)=O. The molecule has 0 spiro atoms. The fraction of sp³-hybridized carbons (Fsp3) is 0.176. The molecule has 10 heteroatoms. The Morgan fingerprint density at radius 1 is 1.15 bits per heavy atom. The number of hydrogen-bond acceptors (Lipinski definition) is 6. The lowest BCUT2D eigenvalue weighted by molar-refractivity contribution is 0.0940. The van der Waals surface area contributed by atoms with Crippen LogP contribution in [-0.4, -0.2) is 40.8 Å². The molecule has 27 heavy (non-hydrogen) atoms. The van der Waals surface area contributed by atoms with Crippen LogP contribution in [0, 0.1) is 0 Å². The zero-order chi connectivity index (χ0) is 19.4. The van der Waals surface area contributed by atoms with Crippen molar-refractivity contribution in [2.45, 2.75) is 13.0 Å². The summed E-state index contributed by atoms with van der Waals surface area (Å²) in [7, 11) is -3.43. The summed E-state index contributed by atoms with van der Waals surface area (Å²) in [4.78, 5) is 12.6. The number of rotatable bonds is 6. The fourth-order valence-corrected chi connectivity index (χ4v) is 3.18. The standard InChI is InChI=1S/C17H18N6O3S/c1-12(15-8-3-4-9-16(15)20-27(2,25)26)19-17(24)13-6-5-7-14(10-13)23-11-18-21-22-23/h3-12,20H,1-2H3,(H,19,24). The molecule has 1 aromatic heterocycles. The number of aromatic nitrogens is 4. The Kier molecular flexibility index (Phi) is 5.17. The van der Waals surface area contributed by atoms with Crippen LogP contribution in [0.4, 0.5) is 5.69 Å². The number of anilines is 1. The third-order valence-corrected chi connectivity index (χ3v) is 4.38. The van der Waals surface area contributed by atoms with Crippen molar-refractivity contribution in [3.05, 3.63) is 66.0 Å². The predicted octanol–water partition coefficient (Wildman–Crippen LogP) is 1.52. The lowest BCUT2D eigenvalue weighted by Crippen LogP contribution is -2.27. The van der Waals surface area contributed by atoms with Gasteiger partial charge >= 0.3 is 0 Å². The van der Waals surface area contributed by atoms with Crippen LogP contribution in [0.5, 0.6) is 0 Å². The summed E-state index contributed by atoms with van der Waals surface area (Å²) in [6.07, 6.45) is 2.52. The second-order valence-electron chi connectivity index (χ2n) is 5.96. The van der Waals surface area contributed by atoms with Crippen molar-refractivity contribution < 1.29 is 13.2 Å². The predicted molar refractivity (Wildman–Crippen MR) is 99.9 cm³/mol. The van der Waals surface area contributed by atoms with Crippen LogP contribution in [0.1, 0.15) is 28.9 Å². The maximum atomic E-state index is 12.6. The summed E-state index contributed by atoms with van der Waals surface area (Å²) in [5.74, 6) is -0.299. The minimum Gasteiger partial charge on any atom is -0.345 e. The van der Waals surface area contributed by atoms with E-state index in [-0.39, 0.29) is 5.91 Å². The van der Waals surface area contributed by atoms with Crippen LogP contribution in [0.3, 0.4) is 0 Å². The highest BCUT2D eigenvalue weighted by Crippen LogP contribution is 2.23. The molecule has 0 radical (unpaired) electrons. The Balaban J connectivity index is 1.80. The highest BCUT2D eigenvalue weighted by molar-refractivity contribution is 7.92. The van der Waals surface area contributed by atoms with Crippen molar-refractivity contribution in [2.24, 2.45) is 0 Å². The maximum absolute atomic E-state index is 12.6. The maximum Gasteiger partial charge on any atom is 0.251 e. The largest absolute Gasteiger partial charge is 0.345 e. The fourth-order valence-electron chi connectivity index (χ4n) is 2.59. The first-order valence-corrected chi connectivity index (χ1v) is 9.93. The van der Waals surface area contributed by atoms with Crippen LogP contribution in [-0.2, 0) is 10.0 Å². The van der Waals surface area contributed by atoms with E-state index in [9.17, 15) is 13.2 Å². The molecule has 9 nitrogen and oxygen atoms in total. The van der Waals surface area contributed by atoms with E-state index < -0.39 is 16.1 Å². The van der Waals surface area contributed by atoms with E-state index >= 15 is 0 Å². The Hall–Kier alpha value is -3.27. The summed E-state index contributed by atoms with van der Waals surface area (Å²) < 4.78 is 27.0. The zero-order valence-electron chi connectivity index (χ0n) is 14.7. The van der Waals surface area contributed by atoms with E-state index in [0.717, 1.165) is 6.26 Å². The van der Waals surface area contributed by atoms with Gasteiger partial charge in [-0.15, -0.1) is 5.10 Å². The van der Waals surface area contributed by atoms with Gasteiger partial charge in [-0.1, -0.05) is 24.3 Å². The van der Waals surface area contributed by atoms with Gasteiger partial charge in [0.25, 0.3) is 5.91 Å². The Bertz CT molecular complexity index is 1050. The lowest BCUT2D eigenvalue weighted by atomic mass is 10.1. The number of tetrazole rings is 1. The van der Waals surface area contributed by atoms with Crippen molar-refractivity contribution in [2.75, 3.05) is 11.0 Å². The molecule has 0 bridgehead atoms. The van der Waals surface area contributed by atoms with Gasteiger partial charge in [0.05, 0.1) is 23.7 Å². The molecule has 1 atom stereocenters. The van der Waals surface area contributed by atoms with Crippen molar-refractivity contribution in [3.63, 3.8) is 0 Å². The van der Waals surface area contributed by atoms with Gasteiger partial charge in [-0.05, 0) is 47.2 Å². The summed E-state index contributed by atoms with van der Waals surface area (Å²) in [6, 6.07) is 13.4. The monoisotopic (exact) mass is 386 g/mol. The molecule has 1 heterocycles. The minimum absolute atomic E-state index is 0.299. The number of benzene rings is 2. The normalized spacial score (nSPS) is 12.4. The lowest BCUT2D eigenvalue weighted by Gasteiger charge is -2.18. The first kappa shape index (κ1) is 18.5. The summed E-state index contributed by atoms with van der Waals surface area (Å²) in [5.41, 5.74) is 2.17. The van der Waals surface area contributed by atoms with E-state index in [1.807, 2.05) is 0 Å². The molecule has 1 amide bonds. The molecule has 140 valence electrons. The van der Waals surface area contributed by atoms with Gasteiger partial charge in [0.15, 0.2) is 0 Å². The average Bonchev–Trinajstić information content (AvgIpc) is 3.15. The van der Waals surface area contributed by atoms with Gasteiger partial charge in [0.2, 0.25) is 10.0 Å². The van der Waals surface area contributed by atoms with Gasteiger partial charge in [0.1, 0.15) is 6.33 Å². The molecule has 3 rings (SSSR count). The van der Waals surface area contributed by atoms with Gasteiger partial charge in [0, 0.05) is 5.56 Å². The number of carbonyl (C=O) groups excluding carboxylic acids is 1. The van der Waals surface area contributed by atoms with Crippen molar-refractivity contribution in [1.82, 2.24) is 25.5 Å². The summed E-state index contributed by atoms with van der Waals surface area (Å²) in [5, 5.41) is 13.8. The molecule has 1 unspecified atom stereocenters. The third-order valence-electron chi connectivity index (χ3n) is 3.79. The molecule has 0 saturated heterocycles. The van der Waals surface area contributed by atoms with Crippen LogP contribution < -0.4 is 10.0 Å². The zero-order valence-corrected chi connectivity index (χ0v) is 15.5. The van der Waals surface area contributed by atoms with Gasteiger partial charge in [-0.25, -0.2) is 13.1 Å². The van der Waals surface area contributed by atoms with Crippen LogP contribution >= 0.6 is 0 Å². The van der Waals surface area contributed by atoms with Crippen LogP contribution in [0.2, 0.25) is 0 Å². The summed E-state index contributed by atoms with van der Waals surface area (Å²) >= 11 is 0. The van der Waals surface area contributed by atoms with E-state index in [4.69, 9.17) is 0 Å². The third kappa shape index (κ3) is 4.67. The first-order valence-electron chi connectivity index (χ1n) is 8.04. The van der Waals surface area contributed by atoms with E-state index in [0.29, 0.717) is 22.5 Å². The number of amides is 1. The van der Waals surface area contributed by atoms with Crippen molar-refractivity contribution in [3.8, 4) is 5.69 Å². The van der Waals surface area contributed by atoms with E-state index in [1.54, 1.807) is 55.5 Å². The quantitative estimate of drug-likeness (QED) is 0.663. The molecular weight excluding hydrogens is 368 g/mol. The highest BCUT2D eigenvalue weighted by atomic mass is 32.2. The first-order chi connectivity index (χ1) is 12.8. The number of sulfonamides is 1. The van der Waals surface area contributed by atoms with Crippen LogP contribution in [0.25, 0.3) is 5.69 Å². The van der Waals surface area contributed by atoms with Crippen LogP contribution in [0.15, 0.2) is 54.9 Å². The smallest absolute Gasteiger partial charge is 0.251 e. The van der Waals surface area contributed by atoms with E-state index in [2.05, 4.69) is 25.6 Å². The molecule has 2 aromatic carbocycles. The second-order valence-corrected chi connectivity index (χ2v) is 7.71. The average molecular weight is 386 g/mol. The van der Waals surface area contributed by atoms with Crippen molar-refractivity contribution in [1.29, 1.82) is 0 Å². The molecule has 0 aliphatic heterocycles. The molecule has 2 N–H and O–H groups in total. The second kappa shape index (κ2) is 7.54. The Morgan fingerprint density at radius 3 is 2.63 bits per heavy atom. The number of nitrogens with one attached hydrogen (secondary N) is 2. The Morgan fingerprint density at radius 2 is 1.93 bits per heavy atom. The van der Waals surface area contributed by atoms with Gasteiger partial charge in [-0.2, -0.15) is 0 Å². The number of carbonyl (C=O) groups is 1. The topological polar surface area (TPSA) is 119 Å². The number of hydrogen-bond donors (Lipinski definition) is 2. The Labute approximate surface area is 156 Å². The van der Waals surface area contributed by atoms with E-state index in [1.165, 1.54) is 11.0 Å². The summed E-state index contributed by atoms with van der Waals surface area (Å²) in [6.45, 7) is 1.78. The number of para-hydroxylation sites is 1. The van der Waals surface area contributed by atoms with Gasteiger partial charge < -0.3 is 5.32 Å².